The maximum absolute atomic E-state index is 14.4. The van der Waals surface area contributed by atoms with Crippen LogP contribution in [-0.2, 0) is 46.3 Å². The van der Waals surface area contributed by atoms with Crippen molar-refractivity contribution in [3.05, 3.63) is 83.1 Å². The molecule has 2 aromatic carbocycles. The third-order valence-electron chi connectivity index (χ3n) is 14.7. The zero-order chi connectivity index (χ0) is 48.7. The first kappa shape index (κ1) is 52.5. The molecule has 4 aliphatic rings. The van der Waals surface area contributed by atoms with Gasteiger partial charge in [0, 0.05) is 38.0 Å². The number of unbranched alkanes of at least 4 members (excludes halogenated alkanes) is 3. The number of nitrogens with one attached hydrogen (secondary N) is 6. The fourth-order valence-electron chi connectivity index (χ4n) is 10.3. The predicted octanol–water partition coefficient (Wildman–Crippen LogP) is 4.90. The molecule has 2 saturated heterocycles. The number of hydrogen-bond donors (Lipinski definition) is 6. The normalized spacial score (nSPS) is 22.7. The molecule has 0 saturated carbocycles. The SMILES string of the molecule is C=C(N[C@H](C(=O)N1CCC[C@H]1C(=O)N[C@@H]1CCCc2ccccc21)[C@@H](C)OCCCCCCO[C@H](C)[C@H](NC(=O)[C@H](C)NC)C(=O)N1CCC[C@H]1C(=O)N[C@@H]1CCCc2ccccc21)[C@H](C)NC. The smallest absolute Gasteiger partial charge is 0.248 e. The van der Waals surface area contributed by atoms with E-state index in [2.05, 4.69) is 62.7 Å². The number of rotatable bonds is 24. The lowest BCUT2D eigenvalue weighted by Crippen LogP contribution is -2.59. The van der Waals surface area contributed by atoms with E-state index >= 15 is 0 Å². The van der Waals surface area contributed by atoms with Crippen LogP contribution in [0.25, 0.3) is 0 Å². The Kier molecular flexibility index (Phi) is 19.8. The predicted molar refractivity (Wildman–Crippen MR) is 264 cm³/mol. The first-order chi connectivity index (χ1) is 32.8. The van der Waals surface area contributed by atoms with Crippen molar-refractivity contribution in [2.24, 2.45) is 0 Å². The molecule has 2 aliphatic carbocycles. The van der Waals surface area contributed by atoms with Crippen LogP contribution in [0.15, 0.2) is 60.8 Å². The molecule has 2 heterocycles. The van der Waals surface area contributed by atoms with Gasteiger partial charge in [0.25, 0.3) is 0 Å². The van der Waals surface area contributed by atoms with Crippen LogP contribution >= 0.6 is 0 Å². The summed E-state index contributed by atoms with van der Waals surface area (Å²) in [5, 5.41) is 19.0. The third kappa shape index (κ3) is 13.5. The van der Waals surface area contributed by atoms with Gasteiger partial charge in [0.1, 0.15) is 24.2 Å². The highest BCUT2D eigenvalue weighted by atomic mass is 16.5. The van der Waals surface area contributed by atoms with Crippen LogP contribution in [0.3, 0.4) is 0 Å². The van der Waals surface area contributed by atoms with Crippen LogP contribution in [0.1, 0.15) is 139 Å². The van der Waals surface area contributed by atoms with Crippen molar-refractivity contribution >= 4 is 29.5 Å². The van der Waals surface area contributed by atoms with Crippen LogP contribution in [0.2, 0.25) is 0 Å². The van der Waals surface area contributed by atoms with E-state index in [1.807, 2.05) is 45.2 Å². The van der Waals surface area contributed by atoms with Gasteiger partial charge in [0.05, 0.1) is 30.3 Å². The number of ether oxygens (including phenoxy) is 2. The number of hydrogen-bond acceptors (Lipinski definition) is 10. The summed E-state index contributed by atoms with van der Waals surface area (Å²) in [6.45, 7) is 13.4. The van der Waals surface area contributed by atoms with Crippen molar-refractivity contribution in [3.8, 4) is 0 Å². The average Bonchev–Trinajstić information content (AvgIpc) is 4.06. The topological polar surface area (TPSA) is 182 Å². The zero-order valence-corrected chi connectivity index (χ0v) is 41.6. The van der Waals surface area contributed by atoms with Crippen molar-refractivity contribution in [3.63, 3.8) is 0 Å². The molecule has 2 fully saturated rings. The first-order valence-electron chi connectivity index (χ1n) is 25.5. The highest BCUT2D eigenvalue weighted by molar-refractivity contribution is 5.94. The zero-order valence-electron chi connectivity index (χ0n) is 41.6. The largest absolute Gasteiger partial charge is 0.376 e. The molecule has 2 aliphatic heterocycles. The quantitative estimate of drug-likeness (QED) is 0.0793. The number of likely N-dealkylation sites (N-methyl/N-ethyl adjacent to an activating group) is 2. The minimum atomic E-state index is -0.965. The molecule has 2 aromatic rings. The summed E-state index contributed by atoms with van der Waals surface area (Å²) in [6, 6.07) is 12.9. The van der Waals surface area contributed by atoms with Crippen molar-refractivity contribution in [1.82, 2.24) is 41.7 Å². The maximum atomic E-state index is 14.4. The van der Waals surface area contributed by atoms with Crippen molar-refractivity contribution in [1.29, 1.82) is 0 Å². The minimum Gasteiger partial charge on any atom is -0.376 e. The lowest BCUT2D eigenvalue weighted by atomic mass is 9.87. The van der Waals surface area contributed by atoms with Crippen molar-refractivity contribution < 1.29 is 33.4 Å². The summed E-state index contributed by atoms with van der Waals surface area (Å²) < 4.78 is 12.6. The van der Waals surface area contributed by atoms with Gasteiger partial charge in [0.15, 0.2) is 0 Å². The van der Waals surface area contributed by atoms with Gasteiger partial charge in [-0.15, -0.1) is 0 Å². The summed E-state index contributed by atoms with van der Waals surface area (Å²) in [4.78, 5) is 72.8. The van der Waals surface area contributed by atoms with Crippen LogP contribution in [0.5, 0.6) is 0 Å². The Morgan fingerprint density at radius 2 is 1.04 bits per heavy atom. The van der Waals surface area contributed by atoms with E-state index in [0.29, 0.717) is 51.3 Å². The molecule has 374 valence electrons. The van der Waals surface area contributed by atoms with Gasteiger partial charge in [-0.2, -0.15) is 0 Å². The second-order valence-electron chi connectivity index (χ2n) is 19.4. The molecule has 6 rings (SSSR count). The molecular formula is C53H80N8O7. The summed E-state index contributed by atoms with van der Waals surface area (Å²) in [5.74, 6) is -1.07. The number of amides is 5. The Bertz CT molecular complexity index is 1890. The van der Waals surface area contributed by atoms with E-state index in [4.69, 9.17) is 9.47 Å². The summed E-state index contributed by atoms with van der Waals surface area (Å²) in [6.07, 6.45) is 10.4. The molecule has 0 aromatic heterocycles. The fraction of sp³-hybridized carbons (Fsp3) is 0.642. The van der Waals surface area contributed by atoms with Crippen LogP contribution in [0, 0.1) is 0 Å². The molecule has 0 bridgehead atoms. The van der Waals surface area contributed by atoms with E-state index in [0.717, 1.165) is 76.2 Å². The number of carbonyl (C=O) groups is 5. The van der Waals surface area contributed by atoms with Gasteiger partial charge in [-0.1, -0.05) is 68.0 Å². The Hall–Kier alpha value is -4.83. The molecule has 10 atom stereocenters. The maximum Gasteiger partial charge on any atom is 0.248 e. The van der Waals surface area contributed by atoms with Crippen molar-refractivity contribution in [2.45, 2.75) is 178 Å². The van der Waals surface area contributed by atoms with E-state index in [9.17, 15) is 24.0 Å². The Morgan fingerprint density at radius 1 is 0.603 bits per heavy atom. The number of aryl methyl sites for hydroxylation is 2. The first-order valence-corrected chi connectivity index (χ1v) is 25.5. The van der Waals surface area contributed by atoms with Gasteiger partial charge >= 0.3 is 0 Å². The van der Waals surface area contributed by atoms with Gasteiger partial charge in [-0.3, -0.25) is 24.0 Å². The van der Waals surface area contributed by atoms with Gasteiger partial charge in [0.2, 0.25) is 29.5 Å². The van der Waals surface area contributed by atoms with Crippen LogP contribution in [0.4, 0.5) is 0 Å². The molecule has 15 heteroatoms. The number of nitrogens with zero attached hydrogens (tertiary/aromatic N) is 2. The number of benzene rings is 2. The standard InChI is InChI=1S/C53H80N8O7/c1-34(54-6)35(2)56-47(52(65)60-30-18-28-45(60)50(63)57-43-26-16-22-39-20-10-12-24-41(39)43)37(4)67-32-14-8-9-15-33-68-38(5)48(59-49(62)36(3)55-7)53(66)61-31-19-29-46(61)51(64)58-44-27-17-23-40-21-11-13-25-42(40)44/h10-13,20-21,24-25,34,36-38,43-48,54-56H,2,8-9,14-19,22-23,26-33H2,1,3-7H3,(H,57,63)(H,58,64)(H,59,62)/t34-,36-,37+,38+,43+,44+,45-,46-,47-,48-/m0/s1. The lowest BCUT2D eigenvalue weighted by molar-refractivity contribution is -0.145. The van der Waals surface area contributed by atoms with Crippen LogP contribution < -0.4 is 31.9 Å². The second kappa shape index (κ2) is 25.7. The van der Waals surface area contributed by atoms with E-state index in [1.165, 1.54) is 16.7 Å². The number of fused-ring (bicyclic) bond motifs is 2. The molecule has 68 heavy (non-hydrogen) atoms. The Balaban J connectivity index is 0.977. The molecule has 15 nitrogen and oxygen atoms in total. The second-order valence-corrected chi connectivity index (χ2v) is 19.4. The highest BCUT2D eigenvalue weighted by Crippen LogP contribution is 2.32. The molecule has 0 unspecified atom stereocenters. The van der Waals surface area contributed by atoms with E-state index < -0.39 is 42.4 Å². The van der Waals surface area contributed by atoms with Crippen molar-refractivity contribution in [2.75, 3.05) is 40.4 Å². The summed E-state index contributed by atoms with van der Waals surface area (Å²) in [7, 11) is 3.53. The Morgan fingerprint density at radius 3 is 1.50 bits per heavy atom. The number of carbonyl (C=O) groups excluding carboxylic acids is 5. The lowest BCUT2D eigenvalue weighted by Gasteiger charge is -2.34. The Labute approximate surface area is 405 Å². The monoisotopic (exact) mass is 941 g/mol. The van der Waals surface area contributed by atoms with E-state index in [1.54, 1.807) is 30.7 Å². The molecule has 0 spiro atoms. The number of likely N-dealkylation sites (tertiary alicyclic amines) is 2. The average molecular weight is 941 g/mol. The van der Waals surface area contributed by atoms with Crippen LogP contribution in [-0.4, -0.2) is 128 Å². The molecule has 6 N–H and O–H groups in total. The summed E-state index contributed by atoms with van der Waals surface area (Å²) in [5.41, 5.74) is 5.50. The summed E-state index contributed by atoms with van der Waals surface area (Å²) >= 11 is 0. The van der Waals surface area contributed by atoms with Gasteiger partial charge < -0.3 is 51.2 Å². The minimum absolute atomic E-state index is 0.0620. The highest BCUT2D eigenvalue weighted by Gasteiger charge is 2.42. The third-order valence-corrected chi connectivity index (χ3v) is 14.7. The molecule has 0 radical (unpaired) electrons. The van der Waals surface area contributed by atoms with E-state index in [-0.39, 0.29) is 47.7 Å². The fourth-order valence-corrected chi connectivity index (χ4v) is 10.3. The molecule has 5 amide bonds. The van der Waals surface area contributed by atoms with Gasteiger partial charge in [-0.05, 0) is 141 Å². The molecular weight excluding hydrogens is 861 g/mol. The van der Waals surface area contributed by atoms with Gasteiger partial charge in [-0.25, -0.2) is 0 Å².